The number of hydrogen-bond acceptors (Lipinski definition) is 5. The van der Waals surface area contributed by atoms with Gasteiger partial charge in [0.2, 0.25) is 6.29 Å². The second kappa shape index (κ2) is 3.00. The molecular formula is C8H8N4O2. The molecule has 0 amide bonds. The van der Waals surface area contributed by atoms with E-state index in [-0.39, 0.29) is 6.29 Å². The molecule has 0 saturated carbocycles. The number of nitrogens with one attached hydrogen (secondary N) is 1. The SMILES string of the molecule is c1ncc2[nH]c(C3OCCO3)nc2n1. The van der Waals surface area contributed by atoms with E-state index in [0.29, 0.717) is 24.7 Å². The third-order valence-corrected chi connectivity index (χ3v) is 2.03. The Bertz CT molecular complexity index is 416. The standard InChI is InChI=1S/C8H8N4O2/c1-2-14-8(13-1)7-11-5-3-9-4-10-6(5)12-7/h3-4,8H,1-2H2,(H,9,10,11,12). The van der Waals surface area contributed by atoms with Gasteiger partial charge in [0.1, 0.15) is 11.8 Å². The maximum absolute atomic E-state index is 5.30. The predicted molar refractivity (Wildman–Crippen MR) is 46.3 cm³/mol. The molecule has 0 spiro atoms. The summed E-state index contributed by atoms with van der Waals surface area (Å²) in [5.74, 6) is 0.651. The second-order valence-electron chi connectivity index (χ2n) is 2.96. The van der Waals surface area contributed by atoms with Gasteiger partial charge in [0.25, 0.3) is 0 Å². The molecule has 3 rings (SSSR count). The molecule has 2 aromatic heterocycles. The van der Waals surface area contributed by atoms with E-state index in [1.165, 1.54) is 6.33 Å². The highest BCUT2D eigenvalue weighted by Gasteiger charge is 2.21. The van der Waals surface area contributed by atoms with Crippen LogP contribution in [0.2, 0.25) is 0 Å². The first-order valence-electron chi connectivity index (χ1n) is 4.32. The molecule has 1 saturated heterocycles. The number of fused-ring (bicyclic) bond motifs is 1. The maximum atomic E-state index is 5.30. The molecule has 1 N–H and O–H groups in total. The van der Waals surface area contributed by atoms with Crippen molar-refractivity contribution in [3.8, 4) is 0 Å². The molecule has 14 heavy (non-hydrogen) atoms. The number of aromatic nitrogens is 4. The topological polar surface area (TPSA) is 72.9 Å². The number of nitrogens with zero attached hydrogens (tertiary/aromatic N) is 3. The molecule has 0 atom stereocenters. The summed E-state index contributed by atoms with van der Waals surface area (Å²) in [4.78, 5) is 15.2. The summed E-state index contributed by atoms with van der Waals surface area (Å²) in [6.45, 7) is 1.21. The van der Waals surface area contributed by atoms with Gasteiger partial charge >= 0.3 is 0 Å². The molecule has 3 heterocycles. The third-order valence-electron chi connectivity index (χ3n) is 2.03. The average Bonchev–Trinajstić information content (AvgIpc) is 2.86. The van der Waals surface area contributed by atoms with Crippen molar-refractivity contribution in [3.63, 3.8) is 0 Å². The van der Waals surface area contributed by atoms with Crippen LogP contribution in [0, 0.1) is 0 Å². The summed E-state index contributed by atoms with van der Waals surface area (Å²) in [5, 5.41) is 0. The van der Waals surface area contributed by atoms with Crippen LogP contribution in [-0.4, -0.2) is 33.1 Å². The van der Waals surface area contributed by atoms with E-state index in [1.807, 2.05) is 0 Å². The van der Waals surface area contributed by atoms with Crippen molar-refractivity contribution in [2.75, 3.05) is 13.2 Å². The fourth-order valence-electron chi connectivity index (χ4n) is 1.41. The summed E-state index contributed by atoms with van der Waals surface area (Å²) in [6, 6.07) is 0. The monoisotopic (exact) mass is 192 g/mol. The van der Waals surface area contributed by atoms with E-state index in [9.17, 15) is 0 Å². The van der Waals surface area contributed by atoms with Gasteiger partial charge in [0.15, 0.2) is 11.5 Å². The Hall–Kier alpha value is -1.53. The quantitative estimate of drug-likeness (QED) is 0.707. The highest BCUT2D eigenvalue weighted by molar-refractivity contribution is 5.68. The van der Waals surface area contributed by atoms with Crippen molar-refractivity contribution in [3.05, 3.63) is 18.3 Å². The first-order valence-corrected chi connectivity index (χ1v) is 4.32. The Labute approximate surface area is 79.3 Å². The number of imidazole rings is 1. The molecule has 0 radical (unpaired) electrons. The lowest BCUT2D eigenvalue weighted by Gasteiger charge is -2.02. The summed E-state index contributed by atoms with van der Waals surface area (Å²) >= 11 is 0. The minimum atomic E-state index is -0.385. The van der Waals surface area contributed by atoms with E-state index in [4.69, 9.17) is 9.47 Å². The molecule has 6 nitrogen and oxygen atoms in total. The number of H-pyrrole nitrogens is 1. The van der Waals surface area contributed by atoms with Crippen molar-refractivity contribution in [1.82, 2.24) is 19.9 Å². The molecule has 0 unspecified atom stereocenters. The lowest BCUT2D eigenvalue weighted by atomic mass is 10.6. The largest absolute Gasteiger partial charge is 0.343 e. The Morgan fingerprint density at radius 1 is 1.36 bits per heavy atom. The van der Waals surface area contributed by atoms with Crippen LogP contribution in [0.4, 0.5) is 0 Å². The molecule has 1 aliphatic rings. The molecule has 0 aromatic carbocycles. The highest BCUT2D eigenvalue weighted by atomic mass is 16.7. The average molecular weight is 192 g/mol. The Morgan fingerprint density at radius 2 is 2.21 bits per heavy atom. The highest BCUT2D eigenvalue weighted by Crippen LogP contribution is 2.21. The maximum Gasteiger partial charge on any atom is 0.217 e. The number of rotatable bonds is 1. The lowest BCUT2D eigenvalue weighted by molar-refractivity contribution is -0.0499. The third kappa shape index (κ3) is 1.16. The zero-order valence-electron chi connectivity index (χ0n) is 7.30. The van der Waals surface area contributed by atoms with Gasteiger partial charge in [-0.25, -0.2) is 15.0 Å². The fourth-order valence-corrected chi connectivity index (χ4v) is 1.41. The Balaban J connectivity index is 2.05. The summed E-state index contributed by atoms with van der Waals surface area (Å²) in [7, 11) is 0. The van der Waals surface area contributed by atoms with Gasteiger partial charge in [0, 0.05) is 0 Å². The predicted octanol–water partition coefficient (Wildman–Crippen LogP) is 0.398. The van der Waals surface area contributed by atoms with Crippen LogP contribution >= 0.6 is 0 Å². The Morgan fingerprint density at radius 3 is 3.00 bits per heavy atom. The van der Waals surface area contributed by atoms with Crippen molar-refractivity contribution in [1.29, 1.82) is 0 Å². The molecule has 2 aromatic rings. The summed E-state index contributed by atoms with van der Waals surface area (Å²) < 4.78 is 10.6. The van der Waals surface area contributed by atoms with Gasteiger partial charge < -0.3 is 14.5 Å². The normalized spacial score (nSPS) is 18.0. The minimum Gasteiger partial charge on any atom is -0.343 e. The van der Waals surface area contributed by atoms with E-state index < -0.39 is 0 Å². The fraction of sp³-hybridized carbons (Fsp3) is 0.375. The van der Waals surface area contributed by atoms with Crippen molar-refractivity contribution in [2.24, 2.45) is 0 Å². The van der Waals surface area contributed by atoms with Gasteiger partial charge in [-0.1, -0.05) is 0 Å². The first kappa shape index (κ1) is 7.84. The molecular weight excluding hydrogens is 184 g/mol. The van der Waals surface area contributed by atoms with E-state index in [2.05, 4.69) is 19.9 Å². The molecule has 1 fully saturated rings. The second-order valence-corrected chi connectivity index (χ2v) is 2.96. The molecule has 72 valence electrons. The number of aromatic amines is 1. The molecule has 0 bridgehead atoms. The van der Waals surface area contributed by atoms with Crippen LogP contribution in [-0.2, 0) is 9.47 Å². The summed E-state index contributed by atoms with van der Waals surface area (Å²) in [5.41, 5.74) is 1.43. The van der Waals surface area contributed by atoms with Crippen molar-refractivity contribution < 1.29 is 9.47 Å². The van der Waals surface area contributed by atoms with Gasteiger partial charge in [-0.05, 0) is 0 Å². The molecule has 6 heteroatoms. The lowest BCUT2D eigenvalue weighted by Crippen LogP contribution is -1.99. The van der Waals surface area contributed by atoms with Gasteiger partial charge in [-0.15, -0.1) is 0 Å². The smallest absolute Gasteiger partial charge is 0.217 e. The molecule has 1 aliphatic heterocycles. The van der Waals surface area contributed by atoms with Gasteiger partial charge in [-0.3, -0.25) is 0 Å². The van der Waals surface area contributed by atoms with E-state index in [1.54, 1.807) is 6.20 Å². The van der Waals surface area contributed by atoms with Crippen LogP contribution in [0.25, 0.3) is 11.2 Å². The molecule has 0 aliphatic carbocycles. The van der Waals surface area contributed by atoms with E-state index in [0.717, 1.165) is 5.52 Å². The first-order chi connectivity index (χ1) is 6.93. The van der Waals surface area contributed by atoms with Gasteiger partial charge in [-0.2, -0.15) is 0 Å². The van der Waals surface area contributed by atoms with Crippen molar-refractivity contribution in [2.45, 2.75) is 6.29 Å². The Kier molecular flexibility index (Phi) is 1.68. The van der Waals surface area contributed by atoms with Crippen LogP contribution < -0.4 is 0 Å². The van der Waals surface area contributed by atoms with Crippen molar-refractivity contribution >= 4 is 11.2 Å². The minimum absolute atomic E-state index is 0.385. The van der Waals surface area contributed by atoms with E-state index >= 15 is 0 Å². The zero-order chi connectivity index (χ0) is 9.38. The van der Waals surface area contributed by atoms with Crippen LogP contribution in [0.3, 0.4) is 0 Å². The number of ether oxygens (including phenoxy) is 2. The zero-order valence-corrected chi connectivity index (χ0v) is 7.30. The van der Waals surface area contributed by atoms with Gasteiger partial charge in [0.05, 0.1) is 19.4 Å². The number of hydrogen-bond donors (Lipinski definition) is 1. The van der Waals surface area contributed by atoms with Crippen LogP contribution in [0.5, 0.6) is 0 Å². The summed E-state index contributed by atoms with van der Waals surface area (Å²) in [6.07, 6.45) is 2.75. The van der Waals surface area contributed by atoms with Crippen LogP contribution in [0.15, 0.2) is 12.5 Å². The van der Waals surface area contributed by atoms with Crippen LogP contribution in [0.1, 0.15) is 12.1 Å².